The Kier molecular flexibility index (Phi) is 6.67. The molecule has 0 bridgehead atoms. The van der Waals surface area contributed by atoms with Crippen LogP contribution in [0.2, 0.25) is 0 Å². The Bertz CT molecular complexity index is 849. The number of rotatable bonds is 8. The lowest BCUT2D eigenvalue weighted by Gasteiger charge is -2.33. The predicted molar refractivity (Wildman–Crippen MR) is 110 cm³/mol. The molecule has 150 valence electrons. The van der Waals surface area contributed by atoms with Crippen LogP contribution in [0.3, 0.4) is 0 Å². The van der Waals surface area contributed by atoms with Gasteiger partial charge in [-0.2, -0.15) is 0 Å². The van der Waals surface area contributed by atoms with Crippen LogP contribution in [-0.4, -0.2) is 36.1 Å². The highest BCUT2D eigenvalue weighted by atomic mass is 32.1. The van der Waals surface area contributed by atoms with E-state index < -0.39 is 12.0 Å². The van der Waals surface area contributed by atoms with Gasteiger partial charge in [-0.3, -0.25) is 9.69 Å². The number of ether oxygens (including phenoxy) is 2. The fourth-order valence-electron chi connectivity index (χ4n) is 3.07. The fraction of sp³-hybridized carbons (Fsp3) is 0.476. The molecule has 0 radical (unpaired) electrons. The Labute approximate surface area is 169 Å². The van der Waals surface area contributed by atoms with Crippen molar-refractivity contribution in [3.63, 3.8) is 0 Å². The van der Waals surface area contributed by atoms with Gasteiger partial charge in [-0.15, -0.1) is 11.3 Å². The second-order valence-corrected chi connectivity index (χ2v) is 7.75. The molecule has 0 N–H and O–H groups in total. The summed E-state index contributed by atoms with van der Waals surface area (Å²) in [7, 11) is 0. The molecule has 1 amide bonds. The van der Waals surface area contributed by atoms with Crippen LogP contribution >= 0.6 is 11.3 Å². The van der Waals surface area contributed by atoms with Crippen LogP contribution in [0.25, 0.3) is 11.3 Å². The highest BCUT2D eigenvalue weighted by Crippen LogP contribution is 2.37. The standard InChI is InChI=1S/C21H26N2O4S/c1-4-6-10-26-21(25)14(3)23-17-11-15(8-9-18(17)27-12-20(23)24)16-13-28-19(22-16)7-5-2/h8-9,11,13-14H,4-7,10,12H2,1-3H3. The van der Waals surface area contributed by atoms with E-state index in [9.17, 15) is 9.59 Å². The molecule has 1 atom stereocenters. The summed E-state index contributed by atoms with van der Waals surface area (Å²) in [5, 5.41) is 3.11. The molecule has 1 aliphatic heterocycles. The molecule has 1 aromatic carbocycles. The van der Waals surface area contributed by atoms with Crippen molar-refractivity contribution in [3.05, 3.63) is 28.6 Å². The maximum Gasteiger partial charge on any atom is 0.328 e. The molecule has 1 aliphatic rings. The number of fused-ring (bicyclic) bond motifs is 1. The first kappa shape index (κ1) is 20.3. The number of aromatic nitrogens is 1. The van der Waals surface area contributed by atoms with Crippen molar-refractivity contribution in [2.45, 2.75) is 52.5 Å². The summed E-state index contributed by atoms with van der Waals surface area (Å²) in [6.07, 6.45) is 3.74. The third kappa shape index (κ3) is 4.35. The smallest absolute Gasteiger partial charge is 0.328 e. The van der Waals surface area contributed by atoms with E-state index in [-0.39, 0.29) is 12.5 Å². The fourth-order valence-corrected chi connectivity index (χ4v) is 3.98. The van der Waals surface area contributed by atoms with Crippen LogP contribution in [-0.2, 0) is 20.7 Å². The number of benzene rings is 1. The van der Waals surface area contributed by atoms with Crippen LogP contribution in [0.15, 0.2) is 23.6 Å². The number of hydrogen-bond donors (Lipinski definition) is 0. The zero-order chi connectivity index (χ0) is 20.1. The minimum atomic E-state index is -0.714. The van der Waals surface area contributed by atoms with Crippen molar-refractivity contribution in [3.8, 4) is 17.0 Å². The third-order valence-electron chi connectivity index (χ3n) is 4.62. The maximum atomic E-state index is 12.5. The van der Waals surface area contributed by atoms with Gasteiger partial charge in [-0.25, -0.2) is 9.78 Å². The topological polar surface area (TPSA) is 68.7 Å². The van der Waals surface area contributed by atoms with Crippen molar-refractivity contribution >= 4 is 28.9 Å². The first-order chi connectivity index (χ1) is 13.5. The van der Waals surface area contributed by atoms with Gasteiger partial charge in [0.2, 0.25) is 0 Å². The van der Waals surface area contributed by atoms with Crippen LogP contribution in [0.1, 0.15) is 45.0 Å². The van der Waals surface area contributed by atoms with Crippen molar-refractivity contribution in [2.75, 3.05) is 18.1 Å². The molecule has 0 spiro atoms. The van der Waals surface area contributed by atoms with E-state index in [4.69, 9.17) is 9.47 Å². The zero-order valence-electron chi connectivity index (χ0n) is 16.6. The molecule has 2 heterocycles. The van der Waals surface area contributed by atoms with Crippen LogP contribution in [0.5, 0.6) is 5.75 Å². The Morgan fingerprint density at radius 3 is 2.93 bits per heavy atom. The first-order valence-corrected chi connectivity index (χ1v) is 10.6. The summed E-state index contributed by atoms with van der Waals surface area (Å²) in [6, 6.07) is 4.92. The normalized spacial score (nSPS) is 14.4. The van der Waals surface area contributed by atoms with Crippen molar-refractivity contribution in [1.82, 2.24) is 4.98 Å². The average molecular weight is 403 g/mol. The first-order valence-electron chi connectivity index (χ1n) is 9.75. The van der Waals surface area contributed by atoms with E-state index in [0.29, 0.717) is 18.0 Å². The summed E-state index contributed by atoms with van der Waals surface area (Å²) < 4.78 is 10.9. The Morgan fingerprint density at radius 2 is 2.18 bits per heavy atom. The van der Waals surface area contributed by atoms with Crippen LogP contribution in [0, 0.1) is 0 Å². The number of amides is 1. The Hall–Kier alpha value is -2.41. The number of anilines is 1. The second-order valence-electron chi connectivity index (χ2n) is 6.81. The quantitative estimate of drug-likeness (QED) is 0.488. The molecule has 1 unspecified atom stereocenters. The summed E-state index contributed by atoms with van der Waals surface area (Å²) in [4.78, 5) is 31.1. The lowest BCUT2D eigenvalue weighted by molar-refractivity contribution is -0.146. The average Bonchev–Trinajstić information content (AvgIpc) is 3.16. The summed E-state index contributed by atoms with van der Waals surface area (Å²) in [6.45, 7) is 6.13. The lowest BCUT2D eigenvalue weighted by Crippen LogP contribution is -2.48. The third-order valence-corrected chi connectivity index (χ3v) is 5.53. The van der Waals surface area contributed by atoms with Crippen molar-refractivity contribution < 1.29 is 19.1 Å². The number of nitrogens with zero attached hydrogens (tertiary/aromatic N) is 2. The highest BCUT2D eigenvalue weighted by Gasteiger charge is 2.34. The minimum Gasteiger partial charge on any atom is -0.482 e. The molecule has 2 aromatic rings. The van der Waals surface area contributed by atoms with Gasteiger partial charge in [-0.05, 0) is 44.4 Å². The Morgan fingerprint density at radius 1 is 1.36 bits per heavy atom. The van der Waals surface area contributed by atoms with E-state index in [1.165, 1.54) is 4.90 Å². The lowest BCUT2D eigenvalue weighted by atomic mass is 10.1. The number of carbonyl (C=O) groups is 2. The van der Waals surface area contributed by atoms with E-state index >= 15 is 0 Å². The number of thiazole rings is 1. The highest BCUT2D eigenvalue weighted by molar-refractivity contribution is 7.09. The summed E-state index contributed by atoms with van der Waals surface area (Å²) in [5.74, 6) is -0.0749. The van der Waals surface area contributed by atoms with Gasteiger partial charge < -0.3 is 9.47 Å². The molecule has 6 nitrogen and oxygen atoms in total. The van der Waals surface area contributed by atoms with E-state index in [1.54, 1.807) is 18.3 Å². The number of aryl methyl sites for hydroxylation is 1. The largest absolute Gasteiger partial charge is 0.482 e. The van der Waals surface area contributed by atoms with Crippen LogP contribution in [0.4, 0.5) is 5.69 Å². The van der Waals surface area contributed by atoms with Crippen molar-refractivity contribution in [2.24, 2.45) is 0 Å². The van der Waals surface area contributed by atoms with Gasteiger partial charge in [0.25, 0.3) is 5.91 Å². The molecule has 3 rings (SSSR count). The molecule has 0 aliphatic carbocycles. The SMILES string of the molecule is CCCCOC(=O)C(C)N1C(=O)COc2ccc(-c3csc(CCC)n3)cc21. The monoisotopic (exact) mass is 402 g/mol. The number of hydrogen-bond acceptors (Lipinski definition) is 6. The van der Waals surface area contributed by atoms with Gasteiger partial charge in [0.1, 0.15) is 11.8 Å². The maximum absolute atomic E-state index is 12.5. The van der Waals surface area contributed by atoms with Gasteiger partial charge in [0.15, 0.2) is 6.61 Å². The Balaban J connectivity index is 1.88. The molecule has 0 fully saturated rings. The molecule has 0 saturated heterocycles. The van der Waals surface area contributed by atoms with E-state index in [1.807, 2.05) is 30.5 Å². The van der Waals surface area contributed by atoms with Gasteiger partial charge >= 0.3 is 5.97 Å². The summed E-state index contributed by atoms with van der Waals surface area (Å²) in [5.41, 5.74) is 2.35. The second kappa shape index (κ2) is 9.19. The number of unbranched alkanes of at least 4 members (excludes halogenated alkanes) is 1. The zero-order valence-corrected chi connectivity index (χ0v) is 17.4. The molecule has 28 heavy (non-hydrogen) atoms. The van der Waals surface area contributed by atoms with Gasteiger partial charge in [0, 0.05) is 10.9 Å². The summed E-state index contributed by atoms with van der Waals surface area (Å²) >= 11 is 1.63. The van der Waals surface area contributed by atoms with E-state index in [2.05, 4.69) is 11.9 Å². The van der Waals surface area contributed by atoms with Gasteiger partial charge in [0.05, 0.1) is 23.0 Å². The molecule has 7 heteroatoms. The van der Waals surface area contributed by atoms with Crippen LogP contribution < -0.4 is 9.64 Å². The minimum absolute atomic E-state index is 0.0870. The predicted octanol–water partition coefficient (Wildman–Crippen LogP) is 4.22. The molecular formula is C21H26N2O4S. The van der Waals surface area contributed by atoms with E-state index in [0.717, 1.165) is 41.9 Å². The number of carbonyl (C=O) groups excluding carboxylic acids is 2. The molecule has 0 saturated carbocycles. The van der Waals surface area contributed by atoms with Gasteiger partial charge in [-0.1, -0.05) is 20.3 Å². The van der Waals surface area contributed by atoms with Crippen molar-refractivity contribution in [1.29, 1.82) is 0 Å². The molecule has 1 aromatic heterocycles. The molecular weight excluding hydrogens is 376 g/mol. The number of esters is 1.